The number of carbonyl (C=O) groups excluding carboxylic acids is 5. The highest BCUT2D eigenvalue weighted by atomic mass is 19.4. The number of unbranched alkanes of at least 4 members (excludes halogenated alkanes) is 1. The van der Waals surface area contributed by atoms with Crippen LogP contribution in [0.1, 0.15) is 70.4 Å². The Kier molecular flexibility index (Phi) is 26.5. The monoisotopic (exact) mass is 1070 g/mol. The third-order valence-corrected chi connectivity index (χ3v) is 11.1. The molecule has 5 atom stereocenters. The summed E-state index contributed by atoms with van der Waals surface area (Å²) in [7, 11) is 0. The molecule has 2 heterocycles. The van der Waals surface area contributed by atoms with Crippen molar-refractivity contribution in [1.29, 1.82) is 0 Å². The summed E-state index contributed by atoms with van der Waals surface area (Å²) in [5.74, 6) is -9.90. The van der Waals surface area contributed by atoms with E-state index in [9.17, 15) is 63.5 Å². The Morgan fingerprint density at radius 1 is 0.581 bits per heavy atom. The van der Waals surface area contributed by atoms with Gasteiger partial charge in [-0.1, -0.05) is 74.5 Å². The number of hydrogen-bond donors (Lipinski definition) is 9. The zero-order chi connectivity index (χ0) is 56.8. The van der Waals surface area contributed by atoms with Gasteiger partial charge in [0.15, 0.2) is 0 Å². The van der Waals surface area contributed by atoms with Gasteiger partial charge in [0.05, 0.1) is 12.1 Å². The van der Waals surface area contributed by atoms with Crippen LogP contribution in [0.5, 0.6) is 0 Å². The normalized spacial score (nSPS) is 16.1. The van der Waals surface area contributed by atoms with Gasteiger partial charge in [0.2, 0.25) is 29.5 Å². The van der Waals surface area contributed by atoms with E-state index in [1.807, 2.05) is 74.5 Å². The number of carboxylic acid groups (broad SMARTS) is 3. The Hall–Kier alpha value is -6.55. The summed E-state index contributed by atoms with van der Waals surface area (Å²) in [5, 5.41) is 30.1. The number of carboxylic acids is 3. The van der Waals surface area contributed by atoms with Crippen molar-refractivity contribution in [1.82, 2.24) is 25.8 Å². The molecular formula is C46H63F9N8O11. The van der Waals surface area contributed by atoms with E-state index >= 15 is 0 Å². The van der Waals surface area contributed by atoms with Gasteiger partial charge >= 0.3 is 36.4 Å². The van der Waals surface area contributed by atoms with Gasteiger partial charge in [-0.15, -0.1) is 0 Å². The number of rotatable bonds is 18. The fourth-order valence-electron chi connectivity index (χ4n) is 7.24. The number of alkyl halides is 9. The van der Waals surface area contributed by atoms with E-state index in [1.54, 1.807) is 16.7 Å². The van der Waals surface area contributed by atoms with Gasteiger partial charge in [-0.2, -0.15) is 39.5 Å². The van der Waals surface area contributed by atoms with Gasteiger partial charge in [0, 0.05) is 38.0 Å². The molecule has 2 aromatic carbocycles. The Bertz CT molecular complexity index is 2080. The molecule has 12 N–H and O–H groups in total. The summed E-state index contributed by atoms with van der Waals surface area (Å²) in [6.45, 7) is 8.42. The topological polar surface area (TPSA) is 318 Å². The first-order valence-corrected chi connectivity index (χ1v) is 22.8. The van der Waals surface area contributed by atoms with Gasteiger partial charge in [-0.25, -0.2) is 14.4 Å². The summed E-state index contributed by atoms with van der Waals surface area (Å²) in [5.41, 5.74) is 19.5. The molecule has 5 amide bonds. The maximum atomic E-state index is 14.0. The predicted molar refractivity (Wildman–Crippen MR) is 246 cm³/mol. The van der Waals surface area contributed by atoms with Crippen LogP contribution in [0.3, 0.4) is 0 Å². The maximum Gasteiger partial charge on any atom is 0.490 e. The highest BCUT2D eigenvalue weighted by molar-refractivity contribution is 5.95. The molecule has 1 spiro atoms. The molecule has 74 heavy (non-hydrogen) atoms. The van der Waals surface area contributed by atoms with Crippen LogP contribution in [0.2, 0.25) is 0 Å². The lowest BCUT2D eigenvalue weighted by molar-refractivity contribution is -0.193. The van der Waals surface area contributed by atoms with Crippen molar-refractivity contribution in [3.63, 3.8) is 0 Å². The van der Waals surface area contributed by atoms with Crippen molar-refractivity contribution < 1.29 is 93.2 Å². The molecule has 0 bridgehead atoms. The average Bonchev–Trinajstić information content (AvgIpc) is 3.29. The first-order chi connectivity index (χ1) is 34.1. The van der Waals surface area contributed by atoms with Crippen molar-refractivity contribution in [3.05, 3.63) is 71.8 Å². The largest absolute Gasteiger partial charge is 0.490 e. The number of amides is 5. The number of nitrogens with two attached hydrogens (primary N) is 3. The fourth-order valence-corrected chi connectivity index (χ4v) is 7.24. The molecule has 28 heteroatoms. The Morgan fingerprint density at radius 3 is 1.36 bits per heavy atom. The second kappa shape index (κ2) is 30.0. The molecule has 2 aliphatic rings. The van der Waals surface area contributed by atoms with Crippen molar-refractivity contribution in [2.45, 2.75) is 121 Å². The number of halogens is 9. The highest BCUT2D eigenvalue weighted by Gasteiger charge is 2.49. The van der Waals surface area contributed by atoms with E-state index in [0.29, 0.717) is 64.8 Å². The van der Waals surface area contributed by atoms with Crippen LogP contribution in [-0.4, -0.2) is 154 Å². The molecule has 0 aromatic heterocycles. The third-order valence-electron chi connectivity index (χ3n) is 11.1. The van der Waals surface area contributed by atoms with E-state index in [2.05, 4.69) is 16.0 Å². The summed E-state index contributed by atoms with van der Waals surface area (Å²) in [6, 6.07) is 14.6. The van der Waals surface area contributed by atoms with Crippen LogP contribution in [0.25, 0.3) is 0 Å². The van der Waals surface area contributed by atoms with Crippen LogP contribution < -0.4 is 33.2 Å². The predicted octanol–water partition coefficient (Wildman–Crippen LogP) is 3.13. The lowest BCUT2D eigenvalue weighted by Crippen LogP contribution is -2.66. The minimum atomic E-state index is -5.08. The second-order valence-electron chi connectivity index (χ2n) is 17.8. The van der Waals surface area contributed by atoms with Gasteiger partial charge < -0.3 is 58.3 Å². The standard InChI is InChI=1S/C40H60N8O5.3C2HF3O2/c1-27(2)22-33(46-37(51)34(24-30-14-8-5-9-15-30)45-35(49)31(43)23-29-12-6-4-7-13-29)36(50)44-32(16-10-11-19-41)39(53)48-25-40(26-48)17-20-47(21-18-40)38(52)28(3)42;3*3-2(4,5)1(6)7/h4-9,12-15,27-28,31-34H,10-11,16-26,41-43H2,1-3H3,(H,44,50)(H,45,49)(H,46,51);3*(H,6,7). The minimum Gasteiger partial charge on any atom is -0.475 e. The van der Waals surface area contributed by atoms with E-state index < -0.39 is 84.4 Å². The molecule has 0 saturated carbocycles. The number of carbonyl (C=O) groups is 8. The molecule has 416 valence electrons. The molecule has 19 nitrogen and oxygen atoms in total. The van der Waals surface area contributed by atoms with Crippen LogP contribution in [-0.2, 0) is 51.2 Å². The lowest BCUT2D eigenvalue weighted by Gasteiger charge is -2.54. The second-order valence-corrected chi connectivity index (χ2v) is 17.8. The molecular weight excluding hydrogens is 1010 g/mol. The molecule has 2 fully saturated rings. The Balaban J connectivity index is 0.00000109. The quantitative estimate of drug-likeness (QED) is 0.0766. The molecule has 2 aromatic rings. The number of benzene rings is 2. The average molecular weight is 1080 g/mol. The summed E-state index contributed by atoms with van der Waals surface area (Å²) < 4.78 is 95.2. The van der Waals surface area contributed by atoms with Gasteiger partial charge in [-0.05, 0) is 75.5 Å². The van der Waals surface area contributed by atoms with E-state index in [0.717, 1.165) is 24.0 Å². The number of hydrogen-bond acceptors (Lipinski definition) is 11. The van der Waals surface area contributed by atoms with Crippen LogP contribution in [0.15, 0.2) is 60.7 Å². The number of nitrogens with zero attached hydrogens (tertiary/aromatic N) is 2. The number of piperidine rings is 1. The fraction of sp³-hybridized carbons (Fsp3) is 0.565. The van der Waals surface area contributed by atoms with Crippen LogP contribution in [0.4, 0.5) is 39.5 Å². The van der Waals surface area contributed by atoms with Crippen molar-refractivity contribution >= 4 is 47.4 Å². The number of aliphatic carboxylic acids is 3. The van der Waals surface area contributed by atoms with Crippen molar-refractivity contribution in [2.75, 3.05) is 32.7 Å². The van der Waals surface area contributed by atoms with Gasteiger partial charge in [0.1, 0.15) is 18.1 Å². The summed E-state index contributed by atoms with van der Waals surface area (Å²) >= 11 is 0. The highest BCUT2D eigenvalue weighted by Crippen LogP contribution is 2.41. The third kappa shape index (κ3) is 24.0. The van der Waals surface area contributed by atoms with Crippen molar-refractivity contribution in [3.8, 4) is 0 Å². The van der Waals surface area contributed by atoms with E-state index in [4.69, 9.17) is 46.9 Å². The van der Waals surface area contributed by atoms with E-state index in [-0.39, 0.29) is 29.6 Å². The first-order valence-electron chi connectivity index (χ1n) is 22.8. The van der Waals surface area contributed by atoms with Gasteiger partial charge in [-0.3, -0.25) is 24.0 Å². The molecule has 0 radical (unpaired) electrons. The summed E-state index contributed by atoms with van der Waals surface area (Å²) in [4.78, 5) is 97.8. The maximum absolute atomic E-state index is 14.0. The first kappa shape index (κ1) is 65.5. The number of nitrogens with one attached hydrogen (secondary N) is 3. The Morgan fingerprint density at radius 2 is 0.973 bits per heavy atom. The molecule has 5 unspecified atom stereocenters. The molecule has 2 saturated heterocycles. The zero-order valence-electron chi connectivity index (χ0n) is 40.6. The Labute approximate surface area is 419 Å². The summed E-state index contributed by atoms with van der Waals surface area (Å²) in [6.07, 6.45) is -11.1. The molecule has 2 aliphatic heterocycles. The van der Waals surface area contributed by atoms with Gasteiger partial charge in [0.25, 0.3) is 0 Å². The molecule has 0 aliphatic carbocycles. The van der Waals surface area contributed by atoms with E-state index in [1.165, 1.54) is 0 Å². The number of likely N-dealkylation sites (tertiary alicyclic amines) is 2. The lowest BCUT2D eigenvalue weighted by atomic mass is 9.71. The zero-order valence-corrected chi connectivity index (χ0v) is 40.6. The van der Waals surface area contributed by atoms with Crippen LogP contribution in [0, 0.1) is 11.3 Å². The SMILES string of the molecule is CC(C)CC(NC(=O)C(Cc1ccccc1)NC(=O)C(N)Cc1ccccc1)C(=O)NC(CCCCN)C(=O)N1CC2(CCN(C(=O)C(C)N)CC2)C1.O=C(O)C(F)(F)F.O=C(O)C(F)(F)F.O=C(O)C(F)(F)F. The minimum absolute atomic E-state index is 0.0362. The van der Waals surface area contributed by atoms with Crippen LogP contribution >= 0.6 is 0 Å². The van der Waals surface area contributed by atoms with Crippen molar-refractivity contribution in [2.24, 2.45) is 28.5 Å². The molecule has 4 rings (SSSR count). The smallest absolute Gasteiger partial charge is 0.475 e.